The molecule has 7 heteroatoms. The number of esters is 1. The van der Waals surface area contributed by atoms with Crippen LogP contribution in [0.1, 0.15) is 5.56 Å². The molecule has 0 aliphatic rings. The summed E-state index contributed by atoms with van der Waals surface area (Å²) in [5, 5.41) is 11.5. The van der Waals surface area contributed by atoms with Crippen molar-refractivity contribution in [3.8, 4) is 5.75 Å². The van der Waals surface area contributed by atoms with Crippen molar-refractivity contribution >= 4 is 40.9 Å². The maximum atomic E-state index is 11.7. The molecule has 0 fully saturated rings. The molecule has 0 radical (unpaired) electrons. The summed E-state index contributed by atoms with van der Waals surface area (Å²) in [4.78, 5) is 22.1. The second-order valence-corrected chi connectivity index (χ2v) is 4.99. The summed E-state index contributed by atoms with van der Waals surface area (Å²) in [6.07, 6.45) is 2.39. The number of nitro groups is 1. The Kier molecular flexibility index (Phi) is 5.14. The standard InChI is InChI=1S/C15H9Cl2NO4/c16-11-6-7-12(17)14(9-11)22-15(19)8-5-10-3-1-2-4-13(10)18(20)21/h1-9H/b8-5+. The highest BCUT2D eigenvalue weighted by Crippen LogP contribution is 2.28. The van der Waals surface area contributed by atoms with Gasteiger partial charge in [0.25, 0.3) is 5.69 Å². The number of benzene rings is 2. The summed E-state index contributed by atoms with van der Waals surface area (Å²) in [7, 11) is 0. The number of carbonyl (C=O) groups is 1. The van der Waals surface area contributed by atoms with E-state index in [1.54, 1.807) is 18.2 Å². The molecule has 0 amide bonds. The molecule has 2 aromatic carbocycles. The van der Waals surface area contributed by atoms with E-state index in [4.69, 9.17) is 27.9 Å². The molecular formula is C15H9Cl2NO4. The van der Waals surface area contributed by atoms with Crippen LogP contribution in [-0.4, -0.2) is 10.9 Å². The summed E-state index contributed by atoms with van der Waals surface area (Å²) in [5.74, 6) is -0.603. The first-order chi connectivity index (χ1) is 10.5. The van der Waals surface area contributed by atoms with Crippen molar-refractivity contribution in [2.45, 2.75) is 0 Å². The van der Waals surface area contributed by atoms with Crippen molar-refractivity contribution in [1.29, 1.82) is 0 Å². The van der Waals surface area contributed by atoms with E-state index in [2.05, 4.69) is 0 Å². The Bertz CT molecular complexity index is 759. The molecule has 0 saturated carbocycles. The number of ether oxygens (including phenoxy) is 1. The van der Waals surface area contributed by atoms with E-state index in [0.29, 0.717) is 10.6 Å². The highest BCUT2D eigenvalue weighted by molar-refractivity contribution is 6.34. The molecule has 2 rings (SSSR count). The van der Waals surface area contributed by atoms with Crippen molar-refractivity contribution < 1.29 is 14.5 Å². The lowest BCUT2D eigenvalue weighted by Crippen LogP contribution is -2.04. The average Bonchev–Trinajstić information content (AvgIpc) is 2.49. The molecule has 0 aromatic heterocycles. The van der Waals surface area contributed by atoms with Crippen molar-refractivity contribution in [2.75, 3.05) is 0 Å². The lowest BCUT2D eigenvalue weighted by atomic mass is 10.1. The summed E-state index contributed by atoms with van der Waals surface area (Å²) in [6.45, 7) is 0. The number of nitro benzene ring substituents is 1. The summed E-state index contributed by atoms with van der Waals surface area (Å²) in [5.41, 5.74) is 0.189. The van der Waals surface area contributed by atoms with Crippen LogP contribution in [-0.2, 0) is 4.79 Å². The normalized spacial score (nSPS) is 10.6. The van der Waals surface area contributed by atoms with Gasteiger partial charge in [0.15, 0.2) is 5.75 Å². The number of hydrogen-bond donors (Lipinski definition) is 0. The van der Waals surface area contributed by atoms with Gasteiger partial charge in [-0.3, -0.25) is 10.1 Å². The number of hydrogen-bond acceptors (Lipinski definition) is 4. The minimum absolute atomic E-state index is 0.104. The van der Waals surface area contributed by atoms with Gasteiger partial charge in [0.1, 0.15) is 0 Å². The van der Waals surface area contributed by atoms with E-state index < -0.39 is 10.9 Å². The predicted octanol–water partition coefficient (Wildman–Crippen LogP) is 4.52. The maximum Gasteiger partial charge on any atom is 0.336 e. The highest BCUT2D eigenvalue weighted by Gasteiger charge is 2.11. The van der Waals surface area contributed by atoms with Crippen LogP contribution in [0.5, 0.6) is 5.75 Å². The molecule has 0 atom stereocenters. The van der Waals surface area contributed by atoms with E-state index in [9.17, 15) is 14.9 Å². The zero-order valence-corrected chi connectivity index (χ0v) is 12.5. The van der Waals surface area contributed by atoms with Gasteiger partial charge < -0.3 is 4.74 Å². The molecule has 0 bridgehead atoms. The van der Waals surface area contributed by atoms with Crippen LogP contribution in [0, 0.1) is 10.1 Å². The quantitative estimate of drug-likeness (QED) is 0.270. The lowest BCUT2D eigenvalue weighted by molar-refractivity contribution is -0.385. The minimum Gasteiger partial charge on any atom is -0.422 e. The van der Waals surface area contributed by atoms with Gasteiger partial charge in [-0.25, -0.2) is 4.79 Å². The second-order valence-electron chi connectivity index (χ2n) is 4.15. The summed E-state index contributed by atoms with van der Waals surface area (Å²) in [6, 6.07) is 10.5. The Labute approximate surface area is 135 Å². The van der Waals surface area contributed by atoms with Gasteiger partial charge in [-0.2, -0.15) is 0 Å². The van der Waals surface area contributed by atoms with Crippen LogP contribution in [0.25, 0.3) is 6.08 Å². The fourth-order valence-electron chi connectivity index (χ4n) is 1.65. The fourth-order valence-corrected chi connectivity index (χ4v) is 1.97. The Hall–Kier alpha value is -2.37. The van der Waals surface area contributed by atoms with E-state index >= 15 is 0 Å². The number of halogens is 2. The minimum atomic E-state index is -0.720. The van der Waals surface area contributed by atoms with E-state index in [1.807, 2.05) is 0 Å². The molecule has 2 aromatic rings. The van der Waals surface area contributed by atoms with Gasteiger partial charge >= 0.3 is 5.97 Å². The number of para-hydroxylation sites is 1. The van der Waals surface area contributed by atoms with Crippen molar-refractivity contribution in [3.63, 3.8) is 0 Å². The van der Waals surface area contributed by atoms with Crippen LogP contribution in [0.2, 0.25) is 10.0 Å². The van der Waals surface area contributed by atoms with Gasteiger partial charge in [-0.05, 0) is 24.3 Å². The smallest absolute Gasteiger partial charge is 0.336 e. The van der Waals surface area contributed by atoms with E-state index in [-0.39, 0.29) is 16.5 Å². The zero-order valence-electron chi connectivity index (χ0n) is 11.0. The fraction of sp³-hybridized carbons (Fsp3) is 0. The Balaban J connectivity index is 2.15. The van der Waals surface area contributed by atoms with Gasteiger partial charge in [0.05, 0.1) is 15.5 Å². The average molecular weight is 338 g/mol. The molecule has 0 saturated heterocycles. The molecule has 0 spiro atoms. The largest absolute Gasteiger partial charge is 0.422 e. The number of carbonyl (C=O) groups excluding carboxylic acids is 1. The SMILES string of the molecule is O=C(/C=C/c1ccccc1[N+](=O)[O-])Oc1cc(Cl)ccc1Cl. The van der Waals surface area contributed by atoms with Crippen LogP contribution in [0.4, 0.5) is 5.69 Å². The van der Waals surface area contributed by atoms with Gasteiger partial charge in [0.2, 0.25) is 0 Å². The Morgan fingerprint density at radius 3 is 2.64 bits per heavy atom. The maximum absolute atomic E-state index is 11.7. The Morgan fingerprint density at radius 1 is 1.18 bits per heavy atom. The first kappa shape index (κ1) is 16.0. The molecular weight excluding hydrogens is 329 g/mol. The van der Waals surface area contributed by atoms with Gasteiger partial charge in [-0.15, -0.1) is 0 Å². The molecule has 22 heavy (non-hydrogen) atoms. The first-order valence-corrected chi connectivity index (χ1v) is 6.81. The van der Waals surface area contributed by atoms with Crippen LogP contribution < -0.4 is 4.74 Å². The second kappa shape index (κ2) is 7.06. The summed E-state index contributed by atoms with van der Waals surface area (Å²) < 4.78 is 5.04. The van der Waals surface area contributed by atoms with Crippen molar-refractivity contribution in [2.24, 2.45) is 0 Å². The summed E-state index contributed by atoms with van der Waals surface area (Å²) >= 11 is 11.7. The molecule has 0 aliphatic heterocycles. The lowest BCUT2D eigenvalue weighted by Gasteiger charge is -2.04. The molecule has 0 N–H and O–H groups in total. The predicted molar refractivity (Wildman–Crippen MR) is 84.2 cm³/mol. The molecule has 5 nitrogen and oxygen atoms in total. The third kappa shape index (κ3) is 4.07. The topological polar surface area (TPSA) is 69.4 Å². The Morgan fingerprint density at radius 2 is 1.91 bits per heavy atom. The zero-order chi connectivity index (χ0) is 16.1. The third-order valence-corrected chi connectivity index (χ3v) is 3.18. The van der Waals surface area contributed by atoms with E-state index in [1.165, 1.54) is 30.3 Å². The van der Waals surface area contributed by atoms with Crippen LogP contribution in [0.15, 0.2) is 48.5 Å². The molecule has 0 aliphatic carbocycles. The van der Waals surface area contributed by atoms with Gasteiger partial charge in [0, 0.05) is 23.2 Å². The van der Waals surface area contributed by atoms with Crippen LogP contribution >= 0.6 is 23.2 Å². The first-order valence-electron chi connectivity index (χ1n) is 6.06. The van der Waals surface area contributed by atoms with E-state index in [0.717, 1.165) is 6.08 Å². The molecule has 0 unspecified atom stereocenters. The monoisotopic (exact) mass is 337 g/mol. The van der Waals surface area contributed by atoms with Crippen molar-refractivity contribution in [3.05, 3.63) is 74.3 Å². The van der Waals surface area contributed by atoms with Crippen LogP contribution in [0.3, 0.4) is 0 Å². The molecule has 0 heterocycles. The van der Waals surface area contributed by atoms with Crippen molar-refractivity contribution in [1.82, 2.24) is 0 Å². The number of rotatable bonds is 4. The highest BCUT2D eigenvalue weighted by atomic mass is 35.5. The van der Waals surface area contributed by atoms with Gasteiger partial charge in [-0.1, -0.05) is 35.3 Å². The number of nitrogens with zero attached hydrogens (tertiary/aromatic N) is 1. The third-order valence-electron chi connectivity index (χ3n) is 2.64. The molecule has 112 valence electrons.